The van der Waals surface area contributed by atoms with Crippen LogP contribution in [0.15, 0.2) is 34.2 Å². The minimum absolute atomic E-state index is 0. The lowest BCUT2D eigenvalue weighted by Gasteiger charge is -2.12. The van der Waals surface area contributed by atoms with Crippen LogP contribution in [0.5, 0.6) is 0 Å². The second-order valence-electron chi connectivity index (χ2n) is 5.28. The summed E-state index contributed by atoms with van der Waals surface area (Å²) in [5.74, 6) is 0.784. The Labute approximate surface area is 173 Å². The molecule has 0 atom stereocenters. The molecule has 0 aliphatic carbocycles. The van der Waals surface area contributed by atoms with Crippen molar-refractivity contribution in [3.63, 3.8) is 0 Å². The molecule has 0 bridgehead atoms. The van der Waals surface area contributed by atoms with Gasteiger partial charge in [-0.1, -0.05) is 25.5 Å². The molecular formula is C18H32IN3O2S. The van der Waals surface area contributed by atoms with E-state index in [0.29, 0.717) is 19.8 Å². The fourth-order valence-electron chi connectivity index (χ4n) is 1.96. The molecule has 0 spiro atoms. The molecule has 1 aromatic carbocycles. The Balaban J connectivity index is 0.00000576. The zero-order valence-corrected chi connectivity index (χ0v) is 18.7. The van der Waals surface area contributed by atoms with Crippen molar-refractivity contribution in [2.24, 2.45) is 4.99 Å². The number of halogens is 1. The number of nitrogens with zero attached hydrogens (tertiary/aromatic N) is 1. The van der Waals surface area contributed by atoms with Gasteiger partial charge in [-0.2, -0.15) is 0 Å². The van der Waals surface area contributed by atoms with Crippen LogP contribution in [0.3, 0.4) is 0 Å². The number of nitrogens with one attached hydrogen (secondary N) is 2. The molecule has 2 N–H and O–H groups in total. The fraction of sp³-hybridized carbons (Fsp3) is 0.611. The smallest absolute Gasteiger partial charge is 0.191 e. The fourth-order valence-corrected chi connectivity index (χ4v) is 2.37. The van der Waals surface area contributed by atoms with E-state index in [1.54, 1.807) is 18.8 Å². The van der Waals surface area contributed by atoms with Crippen LogP contribution in [-0.4, -0.2) is 52.2 Å². The molecule has 0 amide bonds. The number of hydrogen-bond donors (Lipinski definition) is 2. The number of guanidine groups is 1. The minimum atomic E-state index is 0. The predicted octanol–water partition coefficient (Wildman–Crippen LogP) is 3.52. The first-order valence-electron chi connectivity index (χ1n) is 8.53. The Kier molecular flexibility index (Phi) is 16.6. The van der Waals surface area contributed by atoms with Crippen molar-refractivity contribution < 1.29 is 9.47 Å². The molecule has 0 heterocycles. The van der Waals surface area contributed by atoms with Gasteiger partial charge in [0.1, 0.15) is 0 Å². The molecule has 0 unspecified atom stereocenters. The highest BCUT2D eigenvalue weighted by molar-refractivity contribution is 14.0. The molecule has 0 aromatic heterocycles. The molecule has 25 heavy (non-hydrogen) atoms. The Hall–Kier alpha value is -0.510. The maximum Gasteiger partial charge on any atom is 0.191 e. The third kappa shape index (κ3) is 12.5. The highest BCUT2D eigenvalue weighted by Gasteiger charge is 1.99. The van der Waals surface area contributed by atoms with Crippen LogP contribution in [0.25, 0.3) is 0 Å². The zero-order valence-electron chi connectivity index (χ0n) is 15.5. The van der Waals surface area contributed by atoms with E-state index in [0.717, 1.165) is 32.1 Å². The molecule has 1 rings (SSSR count). The molecule has 0 saturated heterocycles. The Morgan fingerprint density at radius 2 is 1.72 bits per heavy atom. The van der Waals surface area contributed by atoms with E-state index in [9.17, 15) is 0 Å². The van der Waals surface area contributed by atoms with E-state index < -0.39 is 0 Å². The monoisotopic (exact) mass is 481 g/mol. The summed E-state index contributed by atoms with van der Waals surface area (Å²) in [6.45, 7) is 6.40. The van der Waals surface area contributed by atoms with E-state index in [2.05, 4.69) is 53.1 Å². The topological polar surface area (TPSA) is 54.9 Å². The second kappa shape index (κ2) is 16.9. The van der Waals surface area contributed by atoms with Crippen molar-refractivity contribution >= 4 is 41.7 Å². The SMILES string of the molecule is CCCCOCCOCCNC(=NC)NCc1ccc(SC)cc1.I. The number of thioether (sulfide) groups is 1. The van der Waals surface area contributed by atoms with Gasteiger partial charge in [-0.25, -0.2) is 0 Å². The molecule has 0 aliphatic heterocycles. The number of ether oxygens (including phenoxy) is 2. The highest BCUT2D eigenvalue weighted by atomic mass is 127. The summed E-state index contributed by atoms with van der Waals surface area (Å²) in [4.78, 5) is 5.49. The molecule has 1 aromatic rings. The van der Waals surface area contributed by atoms with Gasteiger partial charge in [-0.15, -0.1) is 35.7 Å². The normalized spacial score (nSPS) is 11.1. The van der Waals surface area contributed by atoms with Crippen molar-refractivity contribution in [3.05, 3.63) is 29.8 Å². The molecule has 144 valence electrons. The van der Waals surface area contributed by atoms with E-state index in [-0.39, 0.29) is 24.0 Å². The van der Waals surface area contributed by atoms with Crippen LogP contribution >= 0.6 is 35.7 Å². The van der Waals surface area contributed by atoms with Gasteiger partial charge in [0.25, 0.3) is 0 Å². The lowest BCUT2D eigenvalue weighted by Crippen LogP contribution is -2.38. The number of hydrogen-bond acceptors (Lipinski definition) is 4. The lowest BCUT2D eigenvalue weighted by atomic mass is 10.2. The molecule has 7 heteroatoms. The first-order chi connectivity index (χ1) is 11.8. The molecule has 0 saturated carbocycles. The molecule has 0 fully saturated rings. The Morgan fingerprint density at radius 3 is 2.32 bits per heavy atom. The number of unbranched alkanes of at least 4 members (excludes halogenated alkanes) is 1. The first kappa shape index (κ1) is 24.5. The van der Waals surface area contributed by atoms with Crippen molar-refractivity contribution in [1.29, 1.82) is 0 Å². The third-order valence-electron chi connectivity index (χ3n) is 3.40. The Bertz CT molecular complexity index is 458. The first-order valence-corrected chi connectivity index (χ1v) is 9.75. The average molecular weight is 481 g/mol. The number of aliphatic imine (C=N–C) groups is 1. The summed E-state index contributed by atoms with van der Waals surface area (Å²) >= 11 is 1.75. The summed E-state index contributed by atoms with van der Waals surface area (Å²) in [7, 11) is 1.77. The van der Waals surface area contributed by atoms with Crippen molar-refractivity contribution in [1.82, 2.24) is 10.6 Å². The maximum absolute atomic E-state index is 5.52. The van der Waals surface area contributed by atoms with E-state index in [1.165, 1.54) is 16.9 Å². The largest absolute Gasteiger partial charge is 0.379 e. The van der Waals surface area contributed by atoms with Crippen LogP contribution in [0.1, 0.15) is 25.3 Å². The van der Waals surface area contributed by atoms with Gasteiger partial charge in [-0.3, -0.25) is 4.99 Å². The van der Waals surface area contributed by atoms with Gasteiger partial charge >= 0.3 is 0 Å². The van der Waals surface area contributed by atoms with Crippen LogP contribution in [0.2, 0.25) is 0 Å². The number of rotatable bonds is 12. The molecule has 0 aliphatic rings. The predicted molar refractivity (Wildman–Crippen MR) is 118 cm³/mol. The average Bonchev–Trinajstić information content (AvgIpc) is 2.63. The quantitative estimate of drug-likeness (QED) is 0.157. The molecule has 5 nitrogen and oxygen atoms in total. The molecule has 0 radical (unpaired) electrons. The van der Waals surface area contributed by atoms with Crippen LogP contribution in [0, 0.1) is 0 Å². The Morgan fingerprint density at radius 1 is 1.04 bits per heavy atom. The minimum Gasteiger partial charge on any atom is -0.379 e. The lowest BCUT2D eigenvalue weighted by molar-refractivity contribution is 0.0487. The van der Waals surface area contributed by atoms with Crippen LogP contribution < -0.4 is 10.6 Å². The summed E-state index contributed by atoms with van der Waals surface area (Å²) in [5, 5.41) is 6.54. The van der Waals surface area contributed by atoms with Crippen LogP contribution in [-0.2, 0) is 16.0 Å². The van der Waals surface area contributed by atoms with E-state index in [1.807, 2.05) is 0 Å². The summed E-state index contributed by atoms with van der Waals surface area (Å²) in [6, 6.07) is 8.53. The van der Waals surface area contributed by atoms with E-state index in [4.69, 9.17) is 9.47 Å². The van der Waals surface area contributed by atoms with Gasteiger partial charge in [0, 0.05) is 31.6 Å². The van der Waals surface area contributed by atoms with Gasteiger partial charge in [0.15, 0.2) is 5.96 Å². The van der Waals surface area contributed by atoms with Gasteiger partial charge < -0.3 is 20.1 Å². The van der Waals surface area contributed by atoms with Crippen molar-refractivity contribution in [2.45, 2.75) is 31.2 Å². The summed E-state index contributed by atoms with van der Waals surface area (Å²) in [6.07, 6.45) is 4.36. The van der Waals surface area contributed by atoms with Crippen molar-refractivity contribution in [2.75, 3.05) is 46.3 Å². The third-order valence-corrected chi connectivity index (χ3v) is 4.14. The van der Waals surface area contributed by atoms with Crippen molar-refractivity contribution in [3.8, 4) is 0 Å². The van der Waals surface area contributed by atoms with E-state index >= 15 is 0 Å². The van der Waals surface area contributed by atoms with Gasteiger partial charge in [0.05, 0.1) is 19.8 Å². The highest BCUT2D eigenvalue weighted by Crippen LogP contribution is 2.14. The van der Waals surface area contributed by atoms with Gasteiger partial charge in [-0.05, 0) is 30.4 Å². The summed E-state index contributed by atoms with van der Waals surface area (Å²) < 4.78 is 11.0. The summed E-state index contributed by atoms with van der Waals surface area (Å²) in [5.41, 5.74) is 1.23. The zero-order chi connectivity index (χ0) is 17.5. The second-order valence-corrected chi connectivity index (χ2v) is 6.16. The molecular weight excluding hydrogens is 449 g/mol. The van der Waals surface area contributed by atoms with Crippen LogP contribution in [0.4, 0.5) is 0 Å². The van der Waals surface area contributed by atoms with Gasteiger partial charge in [0.2, 0.25) is 0 Å². The number of benzene rings is 1. The maximum atomic E-state index is 5.52. The standard InChI is InChI=1S/C18H31N3O2S.HI/c1-4-5-11-22-13-14-23-12-10-20-18(19-2)21-15-16-6-8-17(24-3)9-7-16;/h6-9H,4-5,10-15H2,1-3H3,(H2,19,20,21);1H.